The summed E-state index contributed by atoms with van der Waals surface area (Å²) in [6.45, 7) is 2.32. The van der Waals surface area contributed by atoms with Crippen LogP contribution in [0.2, 0.25) is 0 Å². The molecule has 0 saturated heterocycles. The van der Waals surface area contributed by atoms with Gasteiger partial charge in [-0.2, -0.15) is 0 Å². The highest BCUT2D eigenvalue weighted by Gasteiger charge is 2.18. The SMILES string of the molecule is CC(SCc1ccc(CO)cc1)C(=O)N(C)Cc1cccc(F)c1. The molecular weight excluding hydrogens is 325 g/mol. The Hall–Kier alpha value is -1.85. The van der Waals surface area contributed by atoms with Gasteiger partial charge in [0.25, 0.3) is 0 Å². The third kappa shape index (κ3) is 5.35. The number of benzene rings is 2. The van der Waals surface area contributed by atoms with E-state index in [-0.39, 0.29) is 23.6 Å². The molecule has 0 fully saturated rings. The van der Waals surface area contributed by atoms with Crippen LogP contribution in [0.1, 0.15) is 23.6 Å². The van der Waals surface area contributed by atoms with Crippen molar-refractivity contribution in [3.8, 4) is 0 Å². The van der Waals surface area contributed by atoms with Gasteiger partial charge in [-0.05, 0) is 35.7 Å². The van der Waals surface area contributed by atoms with Crippen LogP contribution in [0.15, 0.2) is 48.5 Å². The molecule has 128 valence electrons. The van der Waals surface area contributed by atoms with Crippen molar-refractivity contribution in [2.24, 2.45) is 0 Å². The predicted octanol–water partition coefficient (Wildman–Crippen LogP) is 3.60. The van der Waals surface area contributed by atoms with Crippen LogP contribution in [0, 0.1) is 5.82 Å². The second kappa shape index (κ2) is 8.85. The lowest BCUT2D eigenvalue weighted by atomic mass is 10.2. The van der Waals surface area contributed by atoms with Crippen LogP contribution in [0.3, 0.4) is 0 Å². The third-order valence-electron chi connectivity index (χ3n) is 3.74. The Kier molecular flexibility index (Phi) is 6.82. The van der Waals surface area contributed by atoms with Gasteiger partial charge in [0, 0.05) is 19.3 Å². The molecule has 1 atom stereocenters. The fraction of sp³-hybridized carbons (Fsp3) is 0.316. The van der Waals surface area contributed by atoms with Crippen molar-refractivity contribution >= 4 is 17.7 Å². The molecule has 2 rings (SSSR count). The topological polar surface area (TPSA) is 40.5 Å². The Morgan fingerprint density at radius 3 is 2.46 bits per heavy atom. The Labute approximate surface area is 146 Å². The van der Waals surface area contributed by atoms with E-state index in [2.05, 4.69) is 0 Å². The molecule has 0 saturated carbocycles. The standard InChI is InChI=1S/C19H22FNO2S/c1-14(24-13-16-8-6-15(12-22)7-9-16)19(23)21(2)11-17-4-3-5-18(20)10-17/h3-10,14,22H,11-13H2,1-2H3. The van der Waals surface area contributed by atoms with E-state index in [9.17, 15) is 9.18 Å². The molecule has 24 heavy (non-hydrogen) atoms. The average molecular weight is 347 g/mol. The van der Waals surface area contributed by atoms with Crippen LogP contribution in [0.4, 0.5) is 4.39 Å². The molecule has 0 aliphatic carbocycles. The smallest absolute Gasteiger partial charge is 0.235 e. The van der Waals surface area contributed by atoms with Crippen molar-refractivity contribution in [2.75, 3.05) is 7.05 Å². The molecule has 2 aromatic carbocycles. The molecule has 0 aliphatic rings. The quantitative estimate of drug-likeness (QED) is 0.832. The van der Waals surface area contributed by atoms with E-state index < -0.39 is 0 Å². The van der Waals surface area contributed by atoms with Crippen molar-refractivity contribution in [1.82, 2.24) is 4.90 Å². The summed E-state index contributed by atoms with van der Waals surface area (Å²) >= 11 is 1.57. The zero-order chi connectivity index (χ0) is 17.5. The second-order valence-corrected chi connectivity index (χ2v) is 7.08. The summed E-state index contributed by atoms with van der Waals surface area (Å²) in [7, 11) is 1.74. The van der Waals surface area contributed by atoms with Gasteiger partial charge in [-0.1, -0.05) is 36.4 Å². The van der Waals surface area contributed by atoms with E-state index in [4.69, 9.17) is 5.11 Å². The van der Waals surface area contributed by atoms with E-state index in [1.807, 2.05) is 37.3 Å². The van der Waals surface area contributed by atoms with Crippen molar-refractivity contribution < 1.29 is 14.3 Å². The Balaban J connectivity index is 1.86. The lowest BCUT2D eigenvalue weighted by Gasteiger charge is -2.21. The van der Waals surface area contributed by atoms with Crippen LogP contribution < -0.4 is 0 Å². The summed E-state index contributed by atoms with van der Waals surface area (Å²) in [5.41, 5.74) is 2.77. The van der Waals surface area contributed by atoms with E-state index in [0.29, 0.717) is 6.54 Å². The van der Waals surface area contributed by atoms with Gasteiger partial charge in [-0.25, -0.2) is 4.39 Å². The van der Waals surface area contributed by atoms with Gasteiger partial charge >= 0.3 is 0 Å². The molecule has 2 aromatic rings. The van der Waals surface area contributed by atoms with Gasteiger partial charge in [0.15, 0.2) is 0 Å². The average Bonchev–Trinajstić information content (AvgIpc) is 2.59. The van der Waals surface area contributed by atoms with Gasteiger partial charge in [0.05, 0.1) is 11.9 Å². The van der Waals surface area contributed by atoms with Crippen molar-refractivity contribution in [1.29, 1.82) is 0 Å². The molecule has 0 radical (unpaired) electrons. The maximum atomic E-state index is 13.2. The normalized spacial score (nSPS) is 12.0. The maximum absolute atomic E-state index is 13.2. The Morgan fingerprint density at radius 2 is 1.83 bits per heavy atom. The van der Waals surface area contributed by atoms with Gasteiger partial charge in [-0.15, -0.1) is 11.8 Å². The third-order valence-corrected chi connectivity index (χ3v) is 4.94. The molecule has 3 nitrogen and oxygen atoms in total. The van der Waals surface area contributed by atoms with Crippen LogP contribution in [0.5, 0.6) is 0 Å². The molecule has 0 aliphatic heterocycles. The molecular formula is C19H22FNO2S. The van der Waals surface area contributed by atoms with E-state index in [1.54, 1.807) is 29.8 Å². The first-order valence-corrected chi connectivity index (χ1v) is 8.84. The molecule has 1 unspecified atom stereocenters. The molecule has 1 amide bonds. The number of carbonyl (C=O) groups is 1. The highest BCUT2D eigenvalue weighted by atomic mass is 32.2. The predicted molar refractivity (Wildman–Crippen MR) is 96.0 cm³/mol. The van der Waals surface area contributed by atoms with Crippen LogP contribution in [-0.2, 0) is 23.7 Å². The minimum Gasteiger partial charge on any atom is -0.392 e. The van der Waals surface area contributed by atoms with Gasteiger partial charge < -0.3 is 10.0 Å². The van der Waals surface area contributed by atoms with E-state index in [1.165, 1.54) is 12.1 Å². The van der Waals surface area contributed by atoms with E-state index >= 15 is 0 Å². The monoisotopic (exact) mass is 347 g/mol. The zero-order valence-electron chi connectivity index (χ0n) is 13.9. The lowest BCUT2D eigenvalue weighted by Crippen LogP contribution is -2.32. The first-order chi connectivity index (χ1) is 11.5. The number of amides is 1. The number of hydrogen-bond donors (Lipinski definition) is 1. The van der Waals surface area contributed by atoms with Crippen molar-refractivity contribution in [3.05, 3.63) is 71.0 Å². The minimum atomic E-state index is -0.290. The summed E-state index contributed by atoms with van der Waals surface area (Å²) in [5, 5.41) is 8.86. The van der Waals surface area contributed by atoms with Gasteiger partial charge in [0.1, 0.15) is 5.82 Å². The molecule has 0 bridgehead atoms. The number of aliphatic hydroxyl groups is 1. The Morgan fingerprint density at radius 1 is 1.17 bits per heavy atom. The number of thioether (sulfide) groups is 1. The van der Waals surface area contributed by atoms with Crippen LogP contribution in [0.25, 0.3) is 0 Å². The summed E-state index contributed by atoms with van der Waals surface area (Å²) in [6, 6.07) is 14.0. The first kappa shape index (κ1) is 18.5. The summed E-state index contributed by atoms with van der Waals surface area (Å²) < 4.78 is 13.2. The molecule has 0 aromatic heterocycles. The summed E-state index contributed by atoms with van der Waals surface area (Å²) in [6.07, 6.45) is 0. The second-order valence-electron chi connectivity index (χ2n) is 5.75. The summed E-state index contributed by atoms with van der Waals surface area (Å²) in [5.74, 6) is 0.463. The van der Waals surface area contributed by atoms with Crippen molar-refractivity contribution in [2.45, 2.75) is 31.1 Å². The molecule has 0 spiro atoms. The van der Waals surface area contributed by atoms with Gasteiger partial charge in [-0.3, -0.25) is 4.79 Å². The number of rotatable bonds is 7. The highest BCUT2D eigenvalue weighted by molar-refractivity contribution is 7.99. The maximum Gasteiger partial charge on any atom is 0.235 e. The fourth-order valence-corrected chi connectivity index (χ4v) is 3.29. The highest BCUT2D eigenvalue weighted by Crippen LogP contribution is 2.20. The first-order valence-electron chi connectivity index (χ1n) is 7.79. The van der Waals surface area contributed by atoms with Gasteiger partial charge in [0.2, 0.25) is 5.91 Å². The number of halogens is 1. The lowest BCUT2D eigenvalue weighted by molar-refractivity contribution is -0.129. The van der Waals surface area contributed by atoms with Crippen molar-refractivity contribution in [3.63, 3.8) is 0 Å². The number of carbonyl (C=O) groups excluding carboxylic acids is 1. The number of aliphatic hydroxyl groups excluding tert-OH is 1. The Bertz CT molecular complexity index is 675. The van der Waals surface area contributed by atoms with Crippen LogP contribution in [-0.4, -0.2) is 28.2 Å². The summed E-state index contributed by atoms with van der Waals surface area (Å²) in [4.78, 5) is 14.1. The fourth-order valence-electron chi connectivity index (χ4n) is 2.33. The minimum absolute atomic E-state index is 0.0243. The molecule has 0 heterocycles. The number of nitrogens with zero attached hydrogens (tertiary/aromatic N) is 1. The van der Waals surface area contributed by atoms with E-state index in [0.717, 1.165) is 22.4 Å². The number of hydrogen-bond acceptors (Lipinski definition) is 3. The largest absolute Gasteiger partial charge is 0.392 e. The van der Waals surface area contributed by atoms with Crippen LogP contribution >= 0.6 is 11.8 Å². The molecule has 5 heteroatoms. The zero-order valence-corrected chi connectivity index (χ0v) is 14.7. The molecule has 1 N–H and O–H groups in total.